The van der Waals surface area contributed by atoms with Crippen LogP contribution in [-0.2, 0) is 9.59 Å². The van der Waals surface area contributed by atoms with E-state index in [1.807, 2.05) is 0 Å². The summed E-state index contributed by atoms with van der Waals surface area (Å²) in [4.78, 5) is 23.6. The van der Waals surface area contributed by atoms with Crippen molar-refractivity contribution in [3.8, 4) is 0 Å². The van der Waals surface area contributed by atoms with Gasteiger partial charge in [0.1, 0.15) is 0 Å². The highest BCUT2D eigenvalue weighted by molar-refractivity contribution is 6.31. The fraction of sp³-hybridized carbons (Fsp3) is 0.529. The zero-order valence-corrected chi connectivity index (χ0v) is 14.0. The molecule has 124 valence electrons. The summed E-state index contributed by atoms with van der Waals surface area (Å²) in [6.45, 7) is 1.43. The molecule has 0 radical (unpaired) electrons. The van der Waals surface area contributed by atoms with Crippen LogP contribution < -0.4 is 16.0 Å². The first-order valence-corrected chi connectivity index (χ1v) is 8.50. The van der Waals surface area contributed by atoms with Crippen LogP contribution in [0.5, 0.6) is 0 Å². The average molecular weight is 336 g/mol. The van der Waals surface area contributed by atoms with E-state index in [9.17, 15) is 9.59 Å². The van der Waals surface area contributed by atoms with Gasteiger partial charge >= 0.3 is 0 Å². The van der Waals surface area contributed by atoms with Gasteiger partial charge in [0, 0.05) is 30.5 Å². The van der Waals surface area contributed by atoms with Crippen molar-refractivity contribution in [2.24, 2.45) is 5.92 Å². The molecular weight excluding hydrogens is 314 g/mol. The Kier molecular flexibility index (Phi) is 4.87. The van der Waals surface area contributed by atoms with Gasteiger partial charge in [0.25, 0.3) is 0 Å². The Morgan fingerprint density at radius 1 is 1.17 bits per heavy atom. The summed E-state index contributed by atoms with van der Waals surface area (Å²) in [6, 6.07) is 6.22. The van der Waals surface area contributed by atoms with E-state index < -0.39 is 0 Å². The van der Waals surface area contributed by atoms with Crippen LogP contribution in [-0.4, -0.2) is 23.9 Å². The number of carbonyl (C=O) groups is 2. The van der Waals surface area contributed by atoms with Gasteiger partial charge in [-0.25, -0.2) is 0 Å². The third kappa shape index (κ3) is 4.24. The molecule has 3 rings (SSSR count). The van der Waals surface area contributed by atoms with E-state index in [1.54, 1.807) is 18.2 Å². The summed E-state index contributed by atoms with van der Waals surface area (Å²) in [5.74, 6) is 0.230. The topological polar surface area (TPSA) is 70.2 Å². The third-order valence-electron chi connectivity index (χ3n) is 4.61. The van der Waals surface area contributed by atoms with Gasteiger partial charge in [0.15, 0.2) is 0 Å². The van der Waals surface area contributed by atoms with E-state index in [0.717, 1.165) is 12.8 Å². The van der Waals surface area contributed by atoms with E-state index in [1.165, 1.54) is 19.8 Å². The van der Waals surface area contributed by atoms with E-state index in [-0.39, 0.29) is 11.8 Å². The Morgan fingerprint density at radius 2 is 1.87 bits per heavy atom. The summed E-state index contributed by atoms with van der Waals surface area (Å²) in [5, 5.41) is 9.71. The maximum absolute atomic E-state index is 12.4. The molecule has 0 saturated carbocycles. The second kappa shape index (κ2) is 6.89. The Morgan fingerprint density at radius 3 is 2.52 bits per heavy atom. The SMILES string of the molecule is CC(=O)Nc1cc(Cl)ccc1NC(=O)CC1CC2CCC(C1)N2. The molecule has 2 unspecified atom stereocenters. The number of halogens is 1. The molecule has 3 N–H and O–H groups in total. The Balaban J connectivity index is 1.62. The maximum Gasteiger partial charge on any atom is 0.224 e. The van der Waals surface area contributed by atoms with Crippen molar-refractivity contribution in [2.75, 3.05) is 10.6 Å². The van der Waals surface area contributed by atoms with Crippen molar-refractivity contribution >= 4 is 34.8 Å². The minimum atomic E-state index is -0.197. The van der Waals surface area contributed by atoms with Crippen molar-refractivity contribution in [1.82, 2.24) is 5.32 Å². The average Bonchev–Trinajstić information content (AvgIpc) is 2.80. The summed E-state index contributed by atoms with van der Waals surface area (Å²) in [7, 11) is 0. The largest absolute Gasteiger partial charge is 0.324 e. The smallest absolute Gasteiger partial charge is 0.224 e. The van der Waals surface area contributed by atoms with Gasteiger partial charge in [-0.15, -0.1) is 0 Å². The normalized spacial score (nSPS) is 25.9. The number of anilines is 2. The first-order chi connectivity index (χ1) is 11.0. The number of carbonyl (C=O) groups excluding carboxylic acids is 2. The highest BCUT2D eigenvalue weighted by atomic mass is 35.5. The lowest BCUT2D eigenvalue weighted by atomic mass is 9.89. The fourth-order valence-electron chi connectivity index (χ4n) is 3.72. The van der Waals surface area contributed by atoms with Gasteiger partial charge in [0.2, 0.25) is 11.8 Å². The number of fused-ring (bicyclic) bond motifs is 2. The molecular formula is C17H22ClN3O2. The maximum atomic E-state index is 12.4. The van der Waals surface area contributed by atoms with E-state index in [0.29, 0.717) is 40.8 Å². The molecule has 2 saturated heterocycles. The molecule has 0 aromatic heterocycles. The zero-order valence-electron chi connectivity index (χ0n) is 13.2. The van der Waals surface area contributed by atoms with Crippen molar-refractivity contribution in [2.45, 2.75) is 51.1 Å². The lowest BCUT2D eigenvalue weighted by Crippen LogP contribution is -2.39. The van der Waals surface area contributed by atoms with Crippen LogP contribution in [0.4, 0.5) is 11.4 Å². The van der Waals surface area contributed by atoms with Crippen molar-refractivity contribution < 1.29 is 9.59 Å². The molecule has 2 aliphatic rings. The lowest BCUT2D eigenvalue weighted by Gasteiger charge is -2.28. The molecule has 2 aliphatic heterocycles. The van der Waals surface area contributed by atoms with E-state index in [2.05, 4.69) is 16.0 Å². The molecule has 23 heavy (non-hydrogen) atoms. The standard InChI is InChI=1S/C17H22ClN3O2/c1-10(22)19-16-9-12(18)2-5-15(16)21-17(23)8-11-6-13-3-4-14(7-11)20-13/h2,5,9,11,13-14,20H,3-4,6-8H2,1H3,(H,19,22)(H,21,23). The van der Waals surface area contributed by atoms with Crippen molar-refractivity contribution in [1.29, 1.82) is 0 Å². The predicted octanol–water partition coefficient (Wildman–Crippen LogP) is 3.16. The van der Waals surface area contributed by atoms with Gasteiger partial charge in [-0.1, -0.05) is 11.6 Å². The second-order valence-electron chi connectivity index (χ2n) is 6.60. The quantitative estimate of drug-likeness (QED) is 0.791. The minimum absolute atomic E-state index is 0.00905. The Bertz CT molecular complexity index is 608. The molecule has 2 amide bonds. The van der Waals surface area contributed by atoms with Crippen LogP contribution in [0.15, 0.2) is 18.2 Å². The van der Waals surface area contributed by atoms with Crippen molar-refractivity contribution in [3.05, 3.63) is 23.2 Å². The van der Waals surface area contributed by atoms with Crippen LogP contribution in [0.25, 0.3) is 0 Å². The molecule has 2 bridgehead atoms. The zero-order chi connectivity index (χ0) is 16.4. The summed E-state index contributed by atoms with van der Waals surface area (Å²) in [5.41, 5.74) is 1.12. The molecule has 2 fully saturated rings. The summed E-state index contributed by atoms with van der Waals surface area (Å²) < 4.78 is 0. The van der Waals surface area contributed by atoms with Crippen LogP contribution in [0.1, 0.15) is 39.0 Å². The van der Waals surface area contributed by atoms with Gasteiger partial charge in [-0.2, -0.15) is 0 Å². The first kappa shape index (κ1) is 16.3. The number of nitrogens with one attached hydrogen (secondary N) is 3. The van der Waals surface area contributed by atoms with Crippen LogP contribution >= 0.6 is 11.6 Å². The predicted molar refractivity (Wildman–Crippen MR) is 91.7 cm³/mol. The first-order valence-electron chi connectivity index (χ1n) is 8.12. The Hall–Kier alpha value is -1.59. The third-order valence-corrected chi connectivity index (χ3v) is 4.85. The van der Waals surface area contributed by atoms with Crippen LogP contribution in [0.2, 0.25) is 5.02 Å². The summed E-state index contributed by atoms with van der Waals surface area (Å²) >= 11 is 5.96. The summed E-state index contributed by atoms with van der Waals surface area (Å²) in [6.07, 6.45) is 5.13. The molecule has 6 heteroatoms. The number of hydrogen-bond acceptors (Lipinski definition) is 3. The molecule has 2 atom stereocenters. The van der Waals surface area contributed by atoms with Crippen LogP contribution in [0.3, 0.4) is 0 Å². The number of piperidine rings is 1. The molecule has 0 aliphatic carbocycles. The fourth-order valence-corrected chi connectivity index (χ4v) is 3.90. The minimum Gasteiger partial charge on any atom is -0.324 e. The number of amides is 2. The molecule has 0 spiro atoms. The number of benzene rings is 1. The Labute approximate surface area is 141 Å². The molecule has 1 aromatic rings. The van der Waals surface area contributed by atoms with Gasteiger partial charge in [0.05, 0.1) is 11.4 Å². The van der Waals surface area contributed by atoms with Gasteiger partial charge in [-0.05, 0) is 49.8 Å². The van der Waals surface area contributed by atoms with Gasteiger partial charge < -0.3 is 16.0 Å². The lowest BCUT2D eigenvalue weighted by molar-refractivity contribution is -0.117. The molecule has 2 heterocycles. The monoisotopic (exact) mass is 335 g/mol. The highest BCUT2D eigenvalue weighted by Gasteiger charge is 2.34. The molecule has 1 aromatic carbocycles. The second-order valence-corrected chi connectivity index (χ2v) is 7.04. The number of hydrogen-bond donors (Lipinski definition) is 3. The van der Waals surface area contributed by atoms with E-state index in [4.69, 9.17) is 11.6 Å². The van der Waals surface area contributed by atoms with Crippen LogP contribution in [0, 0.1) is 5.92 Å². The highest BCUT2D eigenvalue weighted by Crippen LogP contribution is 2.33. The molecule has 5 nitrogen and oxygen atoms in total. The van der Waals surface area contributed by atoms with E-state index >= 15 is 0 Å². The number of rotatable bonds is 4. The van der Waals surface area contributed by atoms with Crippen molar-refractivity contribution in [3.63, 3.8) is 0 Å². The van der Waals surface area contributed by atoms with Gasteiger partial charge in [-0.3, -0.25) is 9.59 Å².